The summed E-state index contributed by atoms with van der Waals surface area (Å²) in [5, 5.41) is 0. The average Bonchev–Trinajstić information content (AvgIpc) is 2.97. The molecule has 0 N–H and O–H groups in total. The molecular weight excluding hydrogens is 536 g/mol. The van der Waals surface area contributed by atoms with Crippen molar-refractivity contribution in [3.05, 3.63) is 58.7 Å². The first-order chi connectivity index (χ1) is 21.3. The van der Waals surface area contributed by atoms with Gasteiger partial charge in [-0.05, 0) is 63.5 Å². The molecule has 0 spiro atoms. The quantitative estimate of drug-likeness (QED) is 0.0554. The minimum absolute atomic E-state index is 0.0684. The van der Waals surface area contributed by atoms with E-state index in [2.05, 4.69) is 71.9 Å². The maximum atomic E-state index is 12.1. The van der Waals surface area contributed by atoms with Gasteiger partial charge in [-0.2, -0.15) is 0 Å². The average molecular weight is 609 g/mol. The van der Waals surface area contributed by atoms with Gasteiger partial charge in [-0.25, -0.2) is 0 Å². The fourth-order valence-electron chi connectivity index (χ4n) is 6.39. The van der Waals surface area contributed by atoms with E-state index in [1.54, 1.807) is 0 Å². The molecule has 0 atom stereocenters. The maximum Gasteiger partial charge on any atom is 0.306 e. The van der Waals surface area contributed by atoms with Gasteiger partial charge in [0.15, 0.2) is 0 Å². The zero-order valence-electron chi connectivity index (χ0n) is 30.3. The SMILES string of the molecule is CCCCCCCCCCCCCCCCCCCCCC(=O)OCC=C(C)C=CC=C(C)C=CC1=C(C)CCCC1(C)C. The Morgan fingerprint density at radius 2 is 1.23 bits per heavy atom. The van der Waals surface area contributed by atoms with Gasteiger partial charge in [0.1, 0.15) is 6.61 Å². The molecule has 0 aromatic carbocycles. The van der Waals surface area contributed by atoms with Crippen molar-refractivity contribution in [2.24, 2.45) is 5.41 Å². The Kier molecular flexibility index (Phi) is 24.1. The summed E-state index contributed by atoms with van der Waals surface area (Å²) < 4.78 is 5.43. The second-order valence-electron chi connectivity index (χ2n) is 14.3. The monoisotopic (exact) mass is 609 g/mol. The molecule has 0 saturated heterocycles. The van der Waals surface area contributed by atoms with Crippen LogP contribution < -0.4 is 0 Å². The topological polar surface area (TPSA) is 26.3 Å². The van der Waals surface area contributed by atoms with Crippen molar-refractivity contribution in [3.63, 3.8) is 0 Å². The molecule has 1 aliphatic rings. The van der Waals surface area contributed by atoms with Crippen LogP contribution in [0, 0.1) is 5.41 Å². The van der Waals surface area contributed by atoms with Gasteiger partial charge in [-0.15, -0.1) is 0 Å². The Morgan fingerprint density at radius 3 is 1.73 bits per heavy atom. The molecule has 1 rings (SSSR count). The van der Waals surface area contributed by atoms with E-state index in [4.69, 9.17) is 4.74 Å². The van der Waals surface area contributed by atoms with Crippen LogP contribution >= 0.6 is 0 Å². The molecule has 0 fully saturated rings. The molecule has 0 bridgehead atoms. The summed E-state index contributed by atoms with van der Waals surface area (Å²) in [6.07, 6.45) is 43.1. The van der Waals surface area contributed by atoms with Gasteiger partial charge >= 0.3 is 5.97 Å². The minimum atomic E-state index is -0.0684. The van der Waals surface area contributed by atoms with Gasteiger partial charge in [0.25, 0.3) is 0 Å². The van der Waals surface area contributed by atoms with Gasteiger partial charge < -0.3 is 4.74 Å². The lowest BCUT2D eigenvalue weighted by Crippen LogP contribution is -2.19. The molecule has 0 aromatic rings. The lowest BCUT2D eigenvalue weighted by atomic mass is 9.72. The van der Waals surface area contributed by atoms with Crippen LogP contribution in [-0.4, -0.2) is 12.6 Å². The number of unbranched alkanes of at least 4 members (excludes halogenated alkanes) is 18. The Balaban J connectivity index is 1.99. The molecule has 0 unspecified atom stereocenters. The van der Waals surface area contributed by atoms with E-state index < -0.39 is 0 Å². The molecule has 1 aliphatic carbocycles. The zero-order chi connectivity index (χ0) is 32.3. The third-order valence-electron chi connectivity index (χ3n) is 9.41. The molecule has 0 radical (unpaired) electrons. The largest absolute Gasteiger partial charge is 0.461 e. The van der Waals surface area contributed by atoms with Crippen molar-refractivity contribution < 1.29 is 9.53 Å². The van der Waals surface area contributed by atoms with Crippen molar-refractivity contribution in [2.45, 2.75) is 189 Å². The van der Waals surface area contributed by atoms with Crippen LogP contribution in [-0.2, 0) is 9.53 Å². The Bertz CT molecular complexity index is 895. The number of esters is 1. The van der Waals surface area contributed by atoms with E-state index in [-0.39, 0.29) is 11.4 Å². The summed E-state index contributed by atoms with van der Waals surface area (Å²) in [5.41, 5.74) is 5.66. The smallest absolute Gasteiger partial charge is 0.306 e. The van der Waals surface area contributed by atoms with Crippen LogP contribution in [0.2, 0.25) is 0 Å². The highest BCUT2D eigenvalue weighted by atomic mass is 16.5. The van der Waals surface area contributed by atoms with Crippen LogP contribution in [0.25, 0.3) is 0 Å². The Labute approximate surface area is 275 Å². The summed E-state index contributed by atoms with van der Waals surface area (Å²) in [5.74, 6) is -0.0684. The van der Waals surface area contributed by atoms with Crippen molar-refractivity contribution >= 4 is 5.97 Å². The molecule has 0 heterocycles. The highest BCUT2D eigenvalue weighted by Gasteiger charge is 2.26. The van der Waals surface area contributed by atoms with Gasteiger partial charge in [0.05, 0.1) is 0 Å². The van der Waals surface area contributed by atoms with E-state index in [0.717, 1.165) is 18.4 Å². The van der Waals surface area contributed by atoms with E-state index >= 15 is 0 Å². The first kappa shape index (κ1) is 40.2. The molecule has 0 aliphatic heterocycles. The van der Waals surface area contributed by atoms with Gasteiger partial charge in [0, 0.05) is 6.42 Å². The van der Waals surface area contributed by atoms with Crippen LogP contribution in [0.1, 0.15) is 189 Å². The van der Waals surface area contributed by atoms with E-state index in [1.165, 1.54) is 145 Å². The predicted molar refractivity (Wildman–Crippen MR) is 195 cm³/mol. The third kappa shape index (κ3) is 21.8. The first-order valence-electron chi connectivity index (χ1n) is 18.8. The number of allylic oxidation sites excluding steroid dienone is 9. The number of hydrogen-bond donors (Lipinski definition) is 0. The number of carbonyl (C=O) groups is 1. The second kappa shape index (κ2) is 26.4. The first-order valence-corrected chi connectivity index (χ1v) is 18.8. The molecule has 44 heavy (non-hydrogen) atoms. The Morgan fingerprint density at radius 1 is 0.727 bits per heavy atom. The third-order valence-corrected chi connectivity index (χ3v) is 9.41. The number of carbonyl (C=O) groups excluding carboxylic acids is 1. The van der Waals surface area contributed by atoms with E-state index in [1.807, 2.05) is 6.08 Å². The molecule has 252 valence electrons. The number of rotatable bonds is 26. The highest BCUT2D eigenvalue weighted by Crippen LogP contribution is 2.40. The van der Waals surface area contributed by atoms with Crippen LogP contribution in [0.3, 0.4) is 0 Å². The molecule has 0 aromatic heterocycles. The fraction of sp³-hybridized carbons (Fsp3) is 0.738. The van der Waals surface area contributed by atoms with Gasteiger partial charge in [-0.1, -0.05) is 183 Å². The van der Waals surface area contributed by atoms with Crippen molar-refractivity contribution in [3.8, 4) is 0 Å². The van der Waals surface area contributed by atoms with E-state index in [9.17, 15) is 4.79 Å². The lowest BCUT2D eigenvalue weighted by Gasteiger charge is -2.32. The standard InChI is InChI=1S/C42H72O2/c1-7-8-9-10-11-12-13-14-15-16-17-18-19-20-21-22-23-24-25-31-41(43)44-36-34-38(3)29-26-28-37(2)32-33-40-39(4)30-27-35-42(40,5)6/h26,28-29,32-34H,7-25,27,30-31,35-36H2,1-6H3. The lowest BCUT2D eigenvalue weighted by molar-refractivity contribution is -0.142. The molecule has 2 nitrogen and oxygen atoms in total. The predicted octanol–water partition coefficient (Wildman–Crippen LogP) is 13.9. The number of ether oxygens (including phenoxy) is 1. The second-order valence-corrected chi connectivity index (χ2v) is 14.3. The Hall–Kier alpha value is -1.83. The highest BCUT2D eigenvalue weighted by molar-refractivity contribution is 5.69. The number of hydrogen-bond acceptors (Lipinski definition) is 2. The van der Waals surface area contributed by atoms with Crippen molar-refractivity contribution in [2.75, 3.05) is 6.61 Å². The van der Waals surface area contributed by atoms with Crippen LogP contribution in [0.15, 0.2) is 58.7 Å². The molecule has 2 heteroatoms. The zero-order valence-corrected chi connectivity index (χ0v) is 30.3. The summed E-state index contributed by atoms with van der Waals surface area (Å²) in [7, 11) is 0. The molecule has 0 saturated carbocycles. The summed E-state index contributed by atoms with van der Waals surface area (Å²) in [6, 6.07) is 0. The summed E-state index contributed by atoms with van der Waals surface area (Å²) >= 11 is 0. The van der Waals surface area contributed by atoms with E-state index in [0.29, 0.717) is 13.0 Å². The summed E-state index contributed by atoms with van der Waals surface area (Å²) in [4.78, 5) is 12.1. The summed E-state index contributed by atoms with van der Waals surface area (Å²) in [6.45, 7) is 13.9. The molecular formula is C42H72O2. The van der Waals surface area contributed by atoms with Crippen molar-refractivity contribution in [1.82, 2.24) is 0 Å². The fourth-order valence-corrected chi connectivity index (χ4v) is 6.39. The maximum absolute atomic E-state index is 12.1. The van der Waals surface area contributed by atoms with Gasteiger partial charge in [-0.3, -0.25) is 4.79 Å². The van der Waals surface area contributed by atoms with Crippen LogP contribution in [0.5, 0.6) is 0 Å². The van der Waals surface area contributed by atoms with Crippen molar-refractivity contribution in [1.29, 1.82) is 0 Å². The minimum Gasteiger partial charge on any atom is -0.461 e. The molecule has 0 amide bonds. The normalized spacial score (nSPS) is 16.0. The van der Waals surface area contributed by atoms with Gasteiger partial charge in [0.2, 0.25) is 0 Å². The van der Waals surface area contributed by atoms with Crippen LogP contribution in [0.4, 0.5) is 0 Å².